The van der Waals surface area contributed by atoms with Gasteiger partial charge in [0, 0.05) is 89.2 Å². The lowest BCUT2D eigenvalue weighted by Crippen LogP contribution is -2.53. The molecule has 21 heteroatoms. The molecule has 2 aromatic carbocycles. The number of rotatable bonds is 9. The van der Waals surface area contributed by atoms with E-state index >= 15 is 0 Å². The highest BCUT2D eigenvalue weighted by molar-refractivity contribution is 5.92. The van der Waals surface area contributed by atoms with Gasteiger partial charge in [-0.25, -0.2) is 0 Å². The van der Waals surface area contributed by atoms with E-state index < -0.39 is 29.4 Å². The number of amides is 1. The average Bonchev–Trinajstić information content (AvgIpc) is 4.23. The maximum Gasteiger partial charge on any atom is 0.418 e. The van der Waals surface area contributed by atoms with Crippen LogP contribution in [-0.2, 0) is 31.4 Å². The van der Waals surface area contributed by atoms with Gasteiger partial charge in [-0.05, 0) is 86.5 Å². The van der Waals surface area contributed by atoms with Crippen molar-refractivity contribution in [2.45, 2.75) is 63.0 Å². The van der Waals surface area contributed by atoms with E-state index in [9.17, 15) is 35.9 Å². The van der Waals surface area contributed by atoms with Gasteiger partial charge in [-0.15, -0.1) is 0 Å². The van der Waals surface area contributed by atoms with E-state index in [4.69, 9.17) is 20.3 Å². The first-order valence-corrected chi connectivity index (χ1v) is 23.1. The monoisotopic (exact) mass is 944 g/mol. The highest BCUT2D eigenvalue weighted by Gasteiger charge is 2.41. The normalized spacial score (nSPS) is 24.3. The molecule has 4 aromatic rings. The van der Waals surface area contributed by atoms with Gasteiger partial charge in [-0.3, -0.25) is 39.3 Å². The lowest BCUT2D eigenvalue weighted by molar-refractivity contribution is -0.139. The molecule has 6 aliphatic rings. The van der Waals surface area contributed by atoms with Gasteiger partial charge < -0.3 is 35.4 Å². The standard InChI is InChI=1S/C23H28F3N5O2.C17H19F3N4.C6H11NO3/c24-23(25,26)18-3-4-19(22-21(18)27-5-6-28-22)31-12-16(15-1-2-15)11-17(13-31)29-20(32)14-30-7-9-33-10-8-30;18-17(19,20)13-3-4-14(16-15(13)22-5-6-23-16)24-8-11(10-1-2-10)7-12(21)9-24;8-6(9)5-7-1-3-10-4-2-7/h3-6,15-17H,1-2,7-14H2,(H,29,32);3-6,10-12H,1-2,7-9,21H2;1-5H2,(H,8,9). The minimum Gasteiger partial charge on any atom is -0.480 e. The Morgan fingerprint density at radius 3 is 1.49 bits per heavy atom. The largest absolute Gasteiger partial charge is 0.480 e. The van der Waals surface area contributed by atoms with Crippen molar-refractivity contribution in [3.8, 4) is 0 Å². The zero-order valence-corrected chi connectivity index (χ0v) is 37.2. The number of alkyl halides is 6. The fourth-order valence-electron chi connectivity index (χ4n) is 9.87. The van der Waals surface area contributed by atoms with Gasteiger partial charge in [0.25, 0.3) is 0 Å². The molecule has 67 heavy (non-hydrogen) atoms. The van der Waals surface area contributed by atoms with Crippen LogP contribution in [0, 0.1) is 23.7 Å². The van der Waals surface area contributed by atoms with Crippen LogP contribution in [0.4, 0.5) is 37.7 Å². The summed E-state index contributed by atoms with van der Waals surface area (Å²) in [5.74, 6) is 1.45. The third-order valence-corrected chi connectivity index (χ3v) is 13.4. The number of anilines is 2. The summed E-state index contributed by atoms with van der Waals surface area (Å²) in [4.78, 5) is 47.5. The van der Waals surface area contributed by atoms with Gasteiger partial charge in [0.2, 0.25) is 5.91 Å². The first-order valence-electron chi connectivity index (χ1n) is 23.1. The SMILES string of the molecule is NC1CC(C2CC2)CN(c2ccc(C(F)(F)F)c3nccnc23)C1.O=C(CN1CCOCC1)NC1CC(C2CC2)CN(c2ccc(C(F)(F)F)c3nccnc23)C1.O=C(O)CN1CCOCC1. The van der Waals surface area contributed by atoms with Crippen molar-refractivity contribution in [3.63, 3.8) is 0 Å². The molecule has 4 atom stereocenters. The van der Waals surface area contributed by atoms with Gasteiger partial charge in [-0.2, -0.15) is 26.3 Å². The molecule has 4 unspecified atom stereocenters. The number of carbonyl (C=O) groups excluding carboxylic acids is 1. The number of piperidine rings is 2. The van der Waals surface area contributed by atoms with Crippen molar-refractivity contribution in [1.82, 2.24) is 35.1 Å². The van der Waals surface area contributed by atoms with Crippen LogP contribution in [0.25, 0.3) is 22.1 Å². The molecule has 1 amide bonds. The van der Waals surface area contributed by atoms with Crippen LogP contribution in [0.1, 0.15) is 49.7 Å². The predicted molar refractivity (Wildman–Crippen MR) is 237 cm³/mol. The fraction of sp³-hybridized carbons (Fsp3) is 0.609. The first-order chi connectivity index (χ1) is 32.1. The van der Waals surface area contributed by atoms with Crippen LogP contribution in [0.3, 0.4) is 0 Å². The Bertz CT molecular complexity index is 2320. The van der Waals surface area contributed by atoms with Crippen LogP contribution in [0.5, 0.6) is 0 Å². The number of morpholine rings is 2. The third-order valence-electron chi connectivity index (χ3n) is 13.4. The van der Waals surface area contributed by atoms with Crippen LogP contribution < -0.4 is 20.9 Å². The summed E-state index contributed by atoms with van der Waals surface area (Å²) in [6, 6.07) is 5.20. The quantitative estimate of drug-likeness (QED) is 0.184. The highest BCUT2D eigenvalue weighted by atomic mass is 19.4. The van der Waals surface area contributed by atoms with Gasteiger partial charge >= 0.3 is 18.3 Å². The molecule has 4 saturated heterocycles. The summed E-state index contributed by atoms with van der Waals surface area (Å²) >= 11 is 0. The molecule has 364 valence electrons. The first kappa shape index (κ1) is 48.5. The number of hydrogen-bond donors (Lipinski definition) is 3. The highest BCUT2D eigenvalue weighted by Crippen LogP contribution is 2.45. The number of hydrogen-bond acceptors (Lipinski definition) is 13. The van der Waals surface area contributed by atoms with Gasteiger partial charge in [0.05, 0.1) is 62.0 Å². The topological polar surface area (TPSA) is 175 Å². The summed E-state index contributed by atoms with van der Waals surface area (Å²) in [6.07, 6.45) is 3.20. The Balaban J connectivity index is 0.000000156. The maximum absolute atomic E-state index is 13.5. The molecule has 0 radical (unpaired) electrons. The van der Waals surface area contributed by atoms with Crippen molar-refractivity contribution in [2.24, 2.45) is 29.4 Å². The number of nitrogens with zero attached hydrogens (tertiary/aromatic N) is 8. The van der Waals surface area contributed by atoms with Gasteiger partial charge in [-0.1, -0.05) is 0 Å². The summed E-state index contributed by atoms with van der Waals surface area (Å²) in [6.45, 7) is 8.79. The number of fused-ring (bicyclic) bond motifs is 2. The van der Waals surface area contributed by atoms with E-state index in [0.717, 1.165) is 64.2 Å². The van der Waals surface area contributed by atoms with Crippen molar-refractivity contribution in [3.05, 3.63) is 60.2 Å². The molecule has 6 heterocycles. The van der Waals surface area contributed by atoms with Crippen molar-refractivity contribution in [2.75, 3.05) is 102 Å². The molecular weight excluding hydrogens is 887 g/mol. The number of aromatic nitrogens is 4. The van der Waals surface area contributed by atoms with Crippen LogP contribution in [0.15, 0.2) is 49.1 Å². The number of aliphatic carboxylic acids is 1. The minimum absolute atomic E-state index is 0.0182. The smallest absolute Gasteiger partial charge is 0.418 e. The minimum atomic E-state index is -4.50. The third kappa shape index (κ3) is 12.8. The molecule has 4 aliphatic heterocycles. The van der Waals surface area contributed by atoms with E-state index in [1.165, 1.54) is 62.6 Å². The van der Waals surface area contributed by atoms with E-state index in [2.05, 4.69) is 40.0 Å². The lowest BCUT2D eigenvalue weighted by atomic mass is 9.89. The van der Waals surface area contributed by atoms with Crippen molar-refractivity contribution in [1.29, 1.82) is 0 Å². The molecular formula is C46H58F6N10O5. The summed E-state index contributed by atoms with van der Waals surface area (Å²) in [7, 11) is 0. The summed E-state index contributed by atoms with van der Waals surface area (Å²) in [5.41, 5.74) is 6.35. The zero-order chi connectivity index (χ0) is 47.3. The van der Waals surface area contributed by atoms with E-state index in [-0.39, 0.29) is 41.1 Å². The summed E-state index contributed by atoms with van der Waals surface area (Å²) < 4.78 is 90.7. The fourth-order valence-corrected chi connectivity index (χ4v) is 9.87. The summed E-state index contributed by atoms with van der Waals surface area (Å²) in [5, 5.41) is 11.6. The number of ether oxygens (including phenoxy) is 2. The molecule has 0 bridgehead atoms. The van der Waals surface area contributed by atoms with Crippen LogP contribution in [0.2, 0.25) is 0 Å². The second-order valence-corrected chi connectivity index (χ2v) is 18.4. The van der Waals surface area contributed by atoms with Gasteiger partial charge in [0.1, 0.15) is 22.1 Å². The second kappa shape index (κ2) is 21.1. The van der Waals surface area contributed by atoms with Crippen molar-refractivity contribution >= 4 is 45.3 Å². The maximum atomic E-state index is 13.5. The predicted octanol–water partition coefficient (Wildman–Crippen LogP) is 5.32. The molecule has 6 fully saturated rings. The average molecular weight is 945 g/mol. The lowest BCUT2D eigenvalue weighted by Gasteiger charge is -2.40. The number of nitrogens with one attached hydrogen (secondary N) is 1. The Hall–Kier alpha value is -4.96. The van der Waals surface area contributed by atoms with Gasteiger partial charge in [0.15, 0.2) is 0 Å². The molecule has 15 nitrogen and oxygen atoms in total. The Morgan fingerprint density at radius 2 is 1.04 bits per heavy atom. The Labute approximate surface area is 384 Å². The molecule has 2 aromatic heterocycles. The molecule has 2 saturated carbocycles. The van der Waals surface area contributed by atoms with Crippen LogP contribution >= 0.6 is 0 Å². The second-order valence-electron chi connectivity index (χ2n) is 18.4. The molecule has 4 N–H and O–H groups in total. The van der Waals surface area contributed by atoms with E-state index in [1.54, 1.807) is 0 Å². The number of carboxylic acids is 1. The van der Waals surface area contributed by atoms with Crippen LogP contribution in [-0.4, -0.2) is 151 Å². The van der Waals surface area contributed by atoms with Crippen molar-refractivity contribution < 1.29 is 50.5 Å². The molecule has 0 spiro atoms. The van der Waals surface area contributed by atoms with E-state index in [1.807, 2.05) is 4.90 Å². The zero-order valence-electron chi connectivity index (χ0n) is 37.2. The van der Waals surface area contributed by atoms with E-state index in [0.29, 0.717) is 86.6 Å². The Morgan fingerprint density at radius 1 is 0.612 bits per heavy atom. The number of benzene rings is 2. The Kier molecular flexibility index (Phi) is 15.3. The molecule has 2 aliphatic carbocycles. The number of halogens is 6. The number of carboxylic acid groups (broad SMARTS) is 1. The number of nitrogens with two attached hydrogens (primary N) is 1. The molecule has 10 rings (SSSR count). The number of carbonyl (C=O) groups is 2.